The summed E-state index contributed by atoms with van der Waals surface area (Å²) in [6.07, 6.45) is 0.939. The van der Waals surface area contributed by atoms with Crippen LogP contribution >= 0.6 is 0 Å². The van der Waals surface area contributed by atoms with Crippen molar-refractivity contribution in [2.45, 2.75) is 58.8 Å². The van der Waals surface area contributed by atoms with E-state index in [-0.39, 0.29) is 12.2 Å². The molecule has 2 heteroatoms. The molecule has 0 radical (unpaired) electrons. The molecule has 0 aromatic heterocycles. The first-order chi connectivity index (χ1) is 5.88. The first-order valence-corrected chi connectivity index (χ1v) is 5.25. The molecule has 0 bridgehead atoms. The molecule has 1 rings (SSSR count). The summed E-state index contributed by atoms with van der Waals surface area (Å²) >= 11 is 0. The Morgan fingerprint density at radius 3 is 2.15 bits per heavy atom. The Morgan fingerprint density at radius 1 is 1.31 bits per heavy atom. The first-order valence-electron chi connectivity index (χ1n) is 5.25. The second kappa shape index (κ2) is 3.58. The lowest BCUT2D eigenvalue weighted by Gasteiger charge is -2.35. The van der Waals surface area contributed by atoms with E-state index in [4.69, 9.17) is 4.74 Å². The van der Waals surface area contributed by atoms with Crippen LogP contribution in [0.15, 0.2) is 0 Å². The Morgan fingerprint density at radius 2 is 1.85 bits per heavy atom. The van der Waals surface area contributed by atoms with Crippen LogP contribution in [-0.2, 0) is 4.74 Å². The van der Waals surface area contributed by atoms with Crippen LogP contribution in [0.4, 0.5) is 0 Å². The Bertz CT molecular complexity index is 179. The van der Waals surface area contributed by atoms with Crippen molar-refractivity contribution in [3.63, 3.8) is 0 Å². The van der Waals surface area contributed by atoms with Gasteiger partial charge in [0.2, 0.25) is 0 Å². The summed E-state index contributed by atoms with van der Waals surface area (Å²) in [6.45, 7) is 10.4. The fourth-order valence-electron chi connectivity index (χ4n) is 2.27. The Labute approximate surface area is 81.3 Å². The van der Waals surface area contributed by atoms with E-state index in [1.54, 1.807) is 0 Å². The van der Waals surface area contributed by atoms with Crippen molar-refractivity contribution in [3.05, 3.63) is 0 Å². The van der Waals surface area contributed by atoms with Crippen molar-refractivity contribution in [2.24, 2.45) is 11.8 Å². The number of hydrogen-bond acceptors (Lipinski definition) is 2. The minimum atomic E-state index is -0.617. The molecule has 1 aliphatic heterocycles. The third-order valence-corrected chi connectivity index (χ3v) is 3.54. The summed E-state index contributed by atoms with van der Waals surface area (Å²) in [6, 6.07) is 0. The summed E-state index contributed by atoms with van der Waals surface area (Å²) < 4.78 is 5.60. The predicted molar refractivity (Wildman–Crippen MR) is 53.6 cm³/mol. The highest BCUT2D eigenvalue weighted by Gasteiger charge is 2.47. The second-order valence-corrected chi connectivity index (χ2v) is 4.82. The minimum absolute atomic E-state index is 0.0279. The lowest BCUT2D eigenvalue weighted by atomic mass is 9.76. The lowest BCUT2D eigenvalue weighted by Crippen LogP contribution is -2.44. The zero-order valence-electron chi connectivity index (χ0n) is 9.37. The van der Waals surface area contributed by atoms with Gasteiger partial charge in [0.15, 0.2) is 0 Å². The molecule has 4 unspecified atom stereocenters. The van der Waals surface area contributed by atoms with Crippen molar-refractivity contribution in [1.82, 2.24) is 0 Å². The van der Waals surface area contributed by atoms with Crippen LogP contribution in [0.1, 0.15) is 41.0 Å². The molecule has 0 aliphatic carbocycles. The largest absolute Gasteiger partial charge is 0.387 e. The molecule has 0 amide bonds. The Balaban J connectivity index is 2.75. The van der Waals surface area contributed by atoms with Crippen molar-refractivity contribution < 1.29 is 9.84 Å². The summed E-state index contributed by atoms with van der Waals surface area (Å²) in [5, 5.41) is 10.4. The maximum atomic E-state index is 10.4. The van der Waals surface area contributed by atoms with Gasteiger partial charge in [-0.2, -0.15) is 0 Å². The molecule has 78 valence electrons. The minimum Gasteiger partial charge on any atom is -0.387 e. The van der Waals surface area contributed by atoms with Crippen molar-refractivity contribution >= 4 is 0 Å². The van der Waals surface area contributed by atoms with Crippen molar-refractivity contribution in [2.75, 3.05) is 0 Å². The van der Waals surface area contributed by atoms with Gasteiger partial charge in [0.25, 0.3) is 0 Å². The molecule has 1 N–H and O–H groups in total. The average Bonchev–Trinajstić information content (AvgIpc) is 2.25. The van der Waals surface area contributed by atoms with E-state index >= 15 is 0 Å². The molecule has 4 atom stereocenters. The summed E-state index contributed by atoms with van der Waals surface area (Å²) in [5.74, 6) is 0.800. The van der Waals surface area contributed by atoms with Gasteiger partial charge in [0.1, 0.15) is 0 Å². The van der Waals surface area contributed by atoms with Gasteiger partial charge < -0.3 is 9.84 Å². The van der Waals surface area contributed by atoms with Gasteiger partial charge in [-0.25, -0.2) is 0 Å². The highest BCUT2D eigenvalue weighted by atomic mass is 16.5. The number of hydrogen-bond donors (Lipinski definition) is 1. The molecule has 1 fully saturated rings. The third-order valence-electron chi connectivity index (χ3n) is 3.54. The summed E-state index contributed by atoms with van der Waals surface area (Å²) in [4.78, 5) is 0. The third kappa shape index (κ3) is 1.89. The molecule has 0 spiro atoms. The van der Waals surface area contributed by atoms with Gasteiger partial charge in [-0.1, -0.05) is 20.8 Å². The fraction of sp³-hybridized carbons (Fsp3) is 1.00. The van der Waals surface area contributed by atoms with E-state index in [0.717, 1.165) is 6.42 Å². The maximum Gasteiger partial charge on any atom is 0.0957 e. The van der Waals surface area contributed by atoms with Gasteiger partial charge in [-0.3, -0.25) is 0 Å². The monoisotopic (exact) mass is 186 g/mol. The lowest BCUT2D eigenvalue weighted by molar-refractivity contribution is -0.0797. The summed E-state index contributed by atoms with van der Waals surface area (Å²) in [7, 11) is 0. The van der Waals surface area contributed by atoms with Crippen molar-refractivity contribution in [1.29, 1.82) is 0 Å². The van der Waals surface area contributed by atoms with Crippen LogP contribution in [0.2, 0.25) is 0 Å². The zero-order chi connectivity index (χ0) is 10.2. The van der Waals surface area contributed by atoms with Crippen LogP contribution in [-0.4, -0.2) is 22.9 Å². The maximum absolute atomic E-state index is 10.4. The topological polar surface area (TPSA) is 29.5 Å². The van der Waals surface area contributed by atoms with E-state index in [0.29, 0.717) is 11.8 Å². The average molecular weight is 186 g/mol. The van der Waals surface area contributed by atoms with Gasteiger partial charge in [-0.15, -0.1) is 0 Å². The quantitative estimate of drug-likeness (QED) is 0.716. The molecule has 0 saturated carbocycles. The second-order valence-electron chi connectivity index (χ2n) is 4.82. The van der Waals surface area contributed by atoms with Crippen LogP contribution in [0.5, 0.6) is 0 Å². The molecule has 2 nitrogen and oxygen atoms in total. The molecule has 1 heterocycles. The Kier molecular flexibility index (Phi) is 3.03. The SMILES string of the molecule is CC1CC(O)(C(C)C(C)C)C(C)O1. The van der Waals surface area contributed by atoms with Gasteiger partial charge in [0.05, 0.1) is 17.8 Å². The standard InChI is InChI=1S/C11H22O2/c1-7(2)9(4)11(12)6-8(3)13-10(11)5/h7-10,12H,6H2,1-5H3. The van der Waals surface area contributed by atoms with Crippen LogP contribution in [0.3, 0.4) is 0 Å². The highest BCUT2D eigenvalue weighted by Crippen LogP contribution is 2.39. The molecular formula is C11H22O2. The van der Waals surface area contributed by atoms with Crippen LogP contribution < -0.4 is 0 Å². The van der Waals surface area contributed by atoms with Gasteiger partial charge in [0, 0.05) is 6.42 Å². The van der Waals surface area contributed by atoms with E-state index in [2.05, 4.69) is 20.8 Å². The predicted octanol–water partition coefficient (Wildman–Crippen LogP) is 2.21. The summed E-state index contributed by atoms with van der Waals surface area (Å²) in [5.41, 5.74) is -0.617. The number of rotatable bonds is 2. The highest BCUT2D eigenvalue weighted by molar-refractivity contribution is 4.97. The molecule has 1 aliphatic rings. The van der Waals surface area contributed by atoms with Gasteiger partial charge in [-0.05, 0) is 25.7 Å². The molecule has 1 saturated heterocycles. The number of ether oxygens (including phenoxy) is 1. The van der Waals surface area contributed by atoms with E-state index < -0.39 is 5.60 Å². The van der Waals surface area contributed by atoms with E-state index in [1.807, 2.05) is 13.8 Å². The zero-order valence-corrected chi connectivity index (χ0v) is 9.37. The van der Waals surface area contributed by atoms with Crippen LogP contribution in [0, 0.1) is 11.8 Å². The van der Waals surface area contributed by atoms with E-state index in [9.17, 15) is 5.11 Å². The Hall–Kier alpha value is -0.0800. The molecule has 0 aromatic rings. The normalized spacial score (nSPS) is 42.7. The van der Waals surface area contributed by atoms with Crippen LogP contribution in [0.25, 0.3) is 0 Å². The molecule has 13 heavy (non-hydrogen) atoms. The first kappa shape index (κ1) is 11.0. The number of aliphatic hydroxyl groups is 1. The smallest absolute Gasteiger partial charge is 0.0957 e. The molecule has 0 aromatic carbocycles. The molecular weight excluding hydrogens is 164 g/mol. The van der Waals surface area contributed by atoms with Crippen molar-refractivity contribution in [3.8, 4) is 0 Å². The van der Waals surface area contributed by atoms with Gasteiger partial charge >= 0.3 is 0 Å². The fourth-order valence-corrected chi connectivity index (χ4v) is 2.27. The van der Waals surface area contributed by atoms with E-state index in [1.165, 1.54) is 0 Å².